The van der Waals surface area contributed by atoms with E-state index in [0.29, 0.717) is 0 Å². The molecule has 106 valence electrons. The number of nitro benzene ring substituents is 1. The van der Waals surface area contributed by atoms with E-state index in [1.807, 2.05) is 0 Å². The molecule has 0 saturated carbocycles. The summed E-state index contributed by atoms with van der Waals surface area (Å²) >= 11 is 6.00. The molecule has 0 fully saturated rings. The van der Waals surface area contributed by atoms with Crippen LogP contribution >= 0.6 is 11.6 Å². The topological polar surface area (TPSA) is 116 Å². The number of nitro groups is 1. The lowest BCUT2D eigenvalue weighted by Gasteiger charge is -2.32. The molecule has 1 aliphatic rings. The summed E-state index contributed by atoms with van der Waals surface area (Å²) < 4.78 is 22.1. The number of alkyl halides is 1. The Labute approximate surface area is 120 Å². The summed E-state index contributed by atoms with van der Waals surface area (Å²) in [5.41, 5.74) is -1.78. The molecular formula is C11H10ClN3O4S. The largest absolute Gasteiger partial charge is 0.274 e. The fourth-order valence-electron chi connectivity index (χ4n) is 2.07. The zero-order chi connectivity index (χ0) is 15.0. The van der Waals surface area contributed by atoms with Crippen LogP contribution in [0.15, 0.2) is 41.4 Å². The van der Waals surface area contributed by atoms with E-state index in [2.05, 4.69) is 4.99 Å². The van der Waals surface area contributed by atoms with Crippen LogP contribution in [-0.4, -0.2) is 25.1 Å². The summed E-state index contributed by atoms with van der Waals surface area (Å²) in [4.78, 5) is 14.2. The highest BCUT2D eigenvalue weighted by atomic mass is 35.5. The molecule has 0 radical (unpaired) electrons. The number of hydrogen-bond acceptors (Lipinski definition) is 5. The van der Waals surface area contributed by atoms with E-state index in [4.69, 9.17) is 16.7 Å². The van der Waals surface area contributed by atoms with Gasteiger partial charge in [-0.15, -0.1) is 0 Å². The molecule has 0 amide bonds. The van der Waals surface area contributed by atoms with Crippen LogP contribution < -0.4 is 5.14 Å². The van der Waals surface area contributed by atoms with Crippen LogP contribution in [0.3, 0.4) is 0 Å². The highest BCUT2D eigenvalue weighted by molar-refractivity contribution is 7.90. The van der Waals surface area contributed by atoms with Gasteiger partial charge in [0.1, 0.15) is 0 Å². The third-order valence-corrected chi connectivity index (χ3v) is 5.10. The Bertz CT molecular complexity index is 716. The Morgan fingerprint density at radius 2 is 2.05 bits per heavy atom. The van der Waals surface area contributed by atoms with Gasteiger partial charge in [0.2, 0.25) is 10.0 Å². The molecule has 2 unspecified atom stereocenters. The maximum atomic E-state index is 12.0. The standard InChI is InChI=1S/C11H10ClN3O4S/c12-10-11(20(13,18)19,6-3-7-14-10)8-4-1-2-5-9(8)15(16)17/h1-7,10H,(H2,13,18,19). The minimum Gasteiger partial charge on any atom is -0.271 e. The van der Waals surface area contributed by atoms with Gasteiger partial charge in [0.05, 0.1) is 10.5 Å². The van der Waals surface area contributed by atoms with Crippen molar-refractivity contribution in [3.63, 3.8) is 0 Å². The van der Waals surface area contributed by atoms with Crippen molar-refractivity contribution >= 4 is 33.5 Å². The van der Waals surface area contributed by atoms with Gasteiger partial charge in [-0.1, -0.05) is 35.9 Å². The van der Waals surface area contributed by atoms with E-state index in [0.717, 1.165) is 0 Å². The second kappa shape index (κ2) is 4.97. The molecule has 1 aromatic rings. The molecular weight excluding hydrogens is 306 g/mol. The van der Waals surface area contributed by atoms with Crippen LogP contribution in [0, 0.1) is 10.1 Å². The zero-order valence-electron chi connectivity index (χ0n) is 10.0. The molecule has 2 N–H and O–H groups in total. The van der Waals surface area contributed by atoms with Crippen LogP contribution in [0.4, 0.5) is 5.69 Å². The molecule has 0 aliphatic carbocycles. The van der Waals surface area contributed by atoms with Gasteiger partial charge < -0.3 is 0 Å². The number of allylic oxidation sites excluding steroid dienone is 1. The van der Waals surface area contributed by atoms with E-state index in [1.165, 1.54) is 42.6 Å². The van der Waals surface area contributed by atoms with Crippen molar-refractivity contribution in [1.82, 2.24) is 0 Å². The van der Waals surface area contributed by atoms with Gasteiger partial charge in [-0.05, 0) is 6.08 Å². The maximum Gasteiger partial charge on any atom is 0.274 e. The van der Waals surface area contributed by atoms with Gasteiger partial charge in [-0.3, -0.25) is 15.1 Å². The lowest BCUT2D eigenvalue weighted by Crippen LogP contribution is -2.47. The fourth-order valence-corrected chi connectivity index (χ4v) is 3.77. The molecule has 0 bridgehead atoms. The number of nitrogens with zero attached hydrogens (tertiary/aromatic N) is 2. The minimum atomic E-state index is -4.28. The first-order valence-corrected chi connectivity index (χ1v) is 7.40. The summed E-state index contributed by atoms with van der Waals surface area (Å²) in [6, 6.07) is 5.41. The van der Waals surface area contributed by atoms with Gasteiger partial charge in [-0.2, -0.15) is 0 Å². The molecule has 1 heterocycles. The zero-order valence-corrected chi connectivity index (χ0v) is 11.6. The fraction of sp³-hybridized carbons (Fsp3) is 0.182. The van der Waals surface area contributed by atoms with Crippen molar-refractivity contribution in [1.29, 1.82) is 0 Å². The molecule has 1 aromatic carbocycles. The number of para-hydroxylation sites is 1. The Morgan fingerprint density at radius 1 is 1.40 bits per heavy atom. The number of sulfonamides is 1. The lowest BCUT2D eigenvalue weighted by molar-refractivity contribution is -0.385. The number of benzene rings is 1. The lowest BCUT2D eigenvalue weighted by atomic mass is 9.94. The predicted octanol–water partition coefficient (Wildman–Crippen LogP) is 1.28. The number of hydrogen-bond donors (Lipinski definition) is 1. The van der Waals surface area contributed by atoms with Crippen LogP contribution in [0.1, 0.15) is 5.56 Å². The van der Waals surface area contributed by atoms with E-state index in [1.54, 1.807) is 0 Å². The molecule has 2 atom stereocenters. The van der Waals surface area contributed by atoms with Gasteiger partial charge in [-0.25, -0.2) is 13.6 Å². The summed E-state index contributed by atoms with van der Waals surface area (Å²) in [6.45, 7) is 0. The number of halogens is 1. The van der Waals surface area contributed by atoms with Crippen molar-refractivity contribution in [2.45, 2.75) is 10.2 Å². The van der Waals surface area contributed by atoms with Gasteiger partial charge in [0, 0.05) is 12.3 Å². The van der Waals surface area contributed by atoms with Crippen molar-refractivity contribution in [3.05, 3.63) is 52.1 Å². The molecule has 2 rings (SSSR count). The average Bonchev–Trinajstić information content (AvgIpc) is 2.38. The highest BCUT2D eigenvalue weighted by Crippen LogP contribution is 2.43. The Balaban J connectivity index is 2.83. The number of primary sulfonamides is 1. The van der Waals surface area contributed by atoms with E-state index in [-0.39, 0.29) is 11.3 Å². The molecule has 1 aliphatic heterocycles. The molecule has 20 heavy (non-hydrogen) atoms. The second-order valence-corrected chi connectivity index (χ2v) is 6.28. The third-order valence-electron chi connectivity index (χ3n) is 2.99. The minimum absolute atomic E-state index is 0.111. The highest BCUT2D eigenvalue weighted by Gasteiger charge is 2.51. The summed E-state index contributed by atoms with van der Waals surface area (Å²) in [5.74, 6) is 0. The second-order valence-electron chi connectivity index (χ2n) is 4.11. The smallest absolute Gasteiger partial charge is 0.271 e. The Hall–Kier alpha value is -1.77. The third kappa shape index (κ3) is 2.11. The van der Waals surface area contributed by atoms with Crippen molar-refractivity contribution in [2.75, 3.05) is 0 Å². The van der Waals surface area contributed by atoms with Crippen LogP contribution in [0.2, 0.25) is 0 Å². The summed E-state index contributed by atoms with van der Waals surface area (Å²) in [7, 11) is -4.28. The average molecular weight is 316 g/mol. The molecule has 0 aromatic heterocycles. The van der Waals surface area contributed by atoms with Crippen LogP contribution in [0.5, 0.6) is 0 Å². The number of rotatable bonds is 3. The molecule has 0 saturated heterocycles. The first-order valence-electron chi connectivity index (χ1n) is 5.42. The number of dihydropyridines is 1. The number of aliphatic imine (C=N–C) groups is 1. The quantitative estimate of drug-likeness (QED) is 0.391. The first kappa shape index (κ1) is 14.6. The van der Waals surface area contributed by atoms with E-state index < -0.39 is 25.2 Å². The maximum absolute atomic E-state index is 12.0. The van der Waals surface area contributed by atoms with Crippen LogP contribution in [0.25, 0.3) is 0 Å². The SMILES string of the molecule is NS(=O)(=O)C1(c2ccccc2[N+](=O)[O-])C=CC=NC1Cl. The molecule has 7 nitrogen and oxygen atoms in total. The van der Waals surface area contributed by atoms with Crippen molar-refractivity contribution < 1.29 is 13.3 Å². The van der Waals surface area contributed by atoms with Crippen molar-refractivity contribution in [2.24, 2.45) is 10.1 Å². The Kier molecular flexibility index (Phi) is 3.63. The first-order chi connectivity index (χ1) is 9.30. The molecule has 0 spiro atoms. The Morgan fingerprint density at radius 3 is 2.60 bits per heavy atom. The van der Waals surface area contributed by atoms with E-state index in [9.17, 15) is 18.5 Å². The monoisotopic (exact) mass is 315 g/mol. The van der Waals surface area contributed by atoms with Gasteiger partial charge >= 0.3 is 0 Å². The summed E-state index contributed by atoms with van der Waals surface area (Å²) in [6.07, 6.45) is 3.88. The predicted molar refractivity (Wildman–Crippen MR) is 75.2 cm³/mol. The van der Waals surface area contributed by atoms with E-state index >= 15 is 0 Å². The van der Waals surface area contributed by atoms with Crippen LogP contribution in [-0.2, 0) is 14.8 Å². The van der Waals surface area contributed by atoms with Gasteiger partial charge in [0.25, 0.3) is 5.69 Å². The number of nitrogens with two attached hydrogens (primary N) is 1. The van der Waals surface area contributed by atoms with Crippen molar-refractivity contribution in [3.8, 4) is 0 Å². The molecule has 9 heteroatoms. The summed E-state index contributed by atoms with van der Waals surface area (Å²) in [5, 5.41) is 16.4. The normalized spacial score (nSPS) is 25.6. The van der Waals surface area contributed by atoms with Gasteiger partial charge in [0.15, 0.2) is 10.2 Å².